The molecule has 0 unspecified atom stereocenters. The topological polar surface area (TPSA) is 59.0 Å². The molecule has 0 aliphatic heterocycles. The molecule has 0 aliphatic rings. The van der Waals surface area contributed by atoms with E-state index < -0.39 is 0 Å². The smallest absolute Gasteiger partial charge is 0.228 e. The number of hydrogen-bond donors (Lipinski definition) is 0. The number of pyridine rings is 1. The Morgan fingerprint density at radius 1 is 1.37 bits per heavy atom. The van der Waals surface area contributed by atoms with Crippen molar-refractivity contribution < 1.29 is 4.79 Å². The molecule has 1 amide bonds. The Morgan fingerprint density at radius 2 is 2.21 bits per heavy atom. The van der Waals surface area contributed by atoms with Crippen LogP contribution in [0.2, 0.25) is 0 Å². The number of nitrogens with zero attached hydrogens (tertiary/aromatic N) is 4. The van der Waals surface area contributed by atoms with Crippen molar-refractivity contribution in [3.8, 4) is 10.6 Å². The lowest BCUT2D eigenvalue weighted by atomic mass is 10.3. The zero-order valence-electron chi connectivity index (χ0n) is 11.0. The van der Waals surface area contributed by atoms with E-state index in [1.807, 2.05) is 26.0 Å². The maximum Gasteiger partial charge on any atom is 0.228 e. The van der Waals surface area contributed by atoms with Gasteiger partial charge in [-0.3, -0.25) is 14.7 Å². The highest BCUT2D eigenvalue weighted by Crippen LogP contribution is 2.28. The summed E-state index contributed by atoms with van der Waals surface area (Å²) in [6, 6.07) is 3.79. The predicted octanol–water partition coefficient (Wildman–Crippen LogP) is 2.75. The first-order chi connectivity index (χ1) is 9.26. The summed E-state index contributed by atoms with van der Waals surface area (Å²) in [4.78, 5) is 17.7. The quantitative estimate of drug-likeness (QED) is 0.842. The van der Waals surface area contributed by atoms with Gasteiger partial charge < -0.3 is 0 Å². The monoisotopic (exact) mass is 276 g/mol. The zero-order valence-corrected chi connectivity index (χ0v) is 11.9. The fourth-order valence-electron chi connectivity index (χ4n) is 1.70. The van der Waals surface area contributed by atoms with Crippen molar-refractivity contribution in [3.05, 3.63) is 24.5 Å². The molecule has 2 heterocycles. The summed E-state index contributed by atoms with van der Waals surface area (Å²) in [7, 11) is 0. The third-order valence-corrected chi connectivity index (χ3v) is 3.63. The average molecular weight is 276 g/mol. The van der Waals surface area contributed by atoms with Crippen LogP contribution in [0, 0.1) is 0 Å². The van der Waals surface area contributed by atoms with E-state index in [-0.39, 0.29) is 5.91 Å². The predicted molar refractivity (Wildman–Crippen MR) is 76.1 cm³/mol. The van der Waals surface area contributed by atoms with Crippen molar-refractivity contribution >= 4 is 22.4 Å². The Balaban J connectivity index is 2.22. The molecule has 0 atom stereocenters. The number of hydrogen-bond acceptors (Lipinski definition) is 5. The van der Waals surface area contributed by atoms with Crippen LogP contribution >= 0.6 is 11.3 Å². The fraction of sp³-hybridized carbons (Fsp3) is 0.385. The van der Waals surface area contributed by atoms with Gasteiger partial charge in [0.25, 0.3) is 0 Å². The molecule has 100 valence electrons. The second-order valence-electron chi connectivity index (χ2n) is 4.02. The van der Waals surface area contributed by atoms with E-state index in [0.717, 1.165) is 17.0 Å². The molecule has 5 nitrogen and oxygen atoms in total. The van der Waals surface area contributed by atoms with E-state index in [9.17, 15) is 4.79 Å². The maximum absolute atomic E-state index is 12.0. The van der Waals surface area contributed by atoms with E-state index in [4.69, 9.17) is 0 Å². The summed E-state index contributed by atoms with van der Waals surface area (Å²) in [5, 5.41) is 9.68. The minimum Gasteiger partial charge on any atom is -0.287 e. The fourth-order valence-corrected chi connectivity index (χ4v) is 2.61. The van der Waals surface area contributed by atoms with Crippen LogP contribution in [-0.2, 0) is 4.79 Å². The minimum atomic E-state index is 0.0962. The van der Waals surface area contributed by atoms with Gasteiger partial charge in [-0.05, 0) is 25.5 Å². The van der Waals surface area contributed by atoms with Crippen LogP contribution in [0.5, 0.6) is 0 Å². The van der Waals surface area contributed by atoms with E-state index in [1.165, 1.54) is 11.3 Å². The molecule has 2 aromatic rings. The summed E-state index contributed by atoms with van der Waals surface area (Å²) >= 11 is 1.42. The summed E-state index contributed by atoms with van der Waals surface area (Å²) in [5.74, 6) is 0.0962. The van der Waals surface area contributed by atoms with Crippen LogP contribution in [0.3, 0.4) is 0 Å². The van der Waals surface area contributed by atoms with Gasteiger partial charge in [0.2, 0.25) is 11.0 Å². The van der Waals surface area contributed by atoms with Crippen molar-refractivity contribution in [2.75, 3.05) is 11.4 Å². The molecule has 0 aromatic carbocycles. The third-order valence-electron chi connectivity index (χ3n) is 2.63. The van der Waals surface area contributed by atoms with Crippen molar-refractivity contribution in [1.82, 2.24) is 15.2 Å². The Hall–Kier alpha value is -1.82. The lowest BCUT2D eigenvalue weighted by molar-refractivity contribution is -0.118. The molecule has 0 aliphatic carbocycles. The first-order valence-corrected chi connectivity index (χ1v) is 7.12. The molecule has 0 spiro atoms. The van der Waals surface area contributed by atoms with Crippen LogP contribution in [0.4, 0.5) is 5.13 Å². The van der Waals surface area contributed by atoms with Crippen molar-refractivity contribution in [2.24, 2.45) is 0 Å². The molecule has 0 fully saturated rings. The molecule has 0 bridgehead atoms. The molecule has 19 heavy (non-hydrogen) atoms. The Labute approximate surface area is 116 Å². The summed E-state index contributed by atoms with van der Waals surface area (Å²) in [6.07, 6.45) is 4.84. The van der Waals surface area contributed by atoms with Gasteiger partial charge in [-0.15, -0.1) is 10.2 Å². The van der Waals surface area contributed by atoms with Gasteiger partial charge in [0, 0.05) is 30.9 Å². The van der Waals surface area contributed by atoms with Gasteiger partial charge in [0.05, 0.1) is 0 Å². The number of aromatic nitrogens is 3. The lowest BCUT2D eigenvalue weighted by Crippen LogP contribution is -2.30. The normalized spacial score (nSPS) is 10.4. The first-order valence-electron chi connectivity index (χ1n) is 6.30. The molecule has 6 heteroatoms. The lowest BCUT2D eigenvalue weighted by Gasteiger charge is -2.16. The van der Waals surface area contributed by atoms with Gasteiger partial charge in [-0.1, -0.05) is 18.3 Å². The molecule has 0 saturated carbocycles. The van der Waals surface area contributed by atoms with Crippen molar-refractivity contribution in [3.63, 3.8) is 0 Å². The highest BCUT2D eigenvalue weighted by atomic mass is 32.1. The molecule has 2 aromatic heterocycles. The SMILES string of the molecule is CCCC(=O)N(CC)c1nnc(-c2cccnc2)s1. The summed E-state index contributed by atoms with van der Waals surface area (Å²) in [6.45, 7) is 4.55. The second-order valence-corrected chi connectivity index (χ2v) is 4.98. The highest BCUT2D eigenvalue weighted by Gasteiger charge is 2.18. The van der Waals surface area contributed by atoms with Gasteiger partial charge in [0.1, 0.15) is 0 Å². The Morgan fingerprint density at radius 3 is 2.84 bits per heavy atom. The highest BCUT2D eigenvalue weighted by molar-refractivity contribution is 7.18. The minimum absolute atomic E-state index is 0.0962. The number of carbonyl (C=O) groups excluding carboxylic acids is 1. The van der Waals surface area contributed by atoms with Gasteiger partial charge >= 0.3 is 0 Å². The van der Waals surface area contributed by atoms with E-state index >= 15 is 0 Å². The van der Waals surface area contributed by atoms with E-state index in [0.29, 0.717) is 18.1 Å². The number of rotatable bonds is 5. The molecular weight excluding hydrogens is 260 g/mol. The van der Waals surface area contributed by atoms with Crippen molar-refractivity contribution in [1.29, 1.82) is 0 Å². The summed E-state index contributed by atoms with van der Waals surface area (Å²) < 4.78 is 0. The largest absolute Gasteiger partial charge is 0.287 e. The van der Waals surface area contributed by atoms with Gasteiger partial charge in [-0.2, -0.15) is 0 Å². The first kappa shape index (κ1) is 13.6. The van der Waals surface area contributed by atoms with Crippen LogP contribution in [0.25, 0.3) is 10.6 Å². The molecule has 0 N–H and O–H groups in total. The van der Waals surface area contributed by atoms with E-state index in [1.54, 1.807) is 17.3 Å². The molecule has 0 saturated heterocycles. The van der Waals surface area contributed by atoms with Crippen LogP contribution in [0.1, 0.15) is 26.7 Å². The number of anilines is 1. The van der Waals surface area contributed by atoms with Gasteiger partial charge in [-0.25, -0.2) is 0 Å². The number of amides is 1. The Kier molecular flexibility index (Phi) is 4.57. The zero-order chi connectivity index (χ0) is 13.7. The van der Waals surface area contributed by atoms with Crippen LogP contribution < -0.4 is 4.90 Å². The van der Waals surface area contributed by atoms with Crippen LogP contribution in [0.15, 0.2) is 24.5 Å². The average Bonchev–Trinajstić information content (AvgIpc) is 2.90. The third kappa shape index (κ3) is 3.14. The molecule has 0 radical (unpaired) electrons. The van der Waals surface area contributed by atoms with Gasteiger partial charge in [0.15, 0.2) is 5.01 Å². The number of carbonyl (C=O) groups is 1. The standard InChI is InChI=1S/C13H16N4OS/c1-3-6-11(18)17(4-2)13-16-15-12(19-13)10-7-5-8-14-9-10/h5,7-9H,3-4,6H2,1-2H3. The van der Waals surface area contributed by atoms with Crippen molar-refractivity contribution in [2.45, 2.75) is 26.7 Å². The maximum atomic E-state index is 12.0. The Bertz CT molecular complexity index is 541. The van der Waals surface area contributed by atoms with Crippen LogP contribution in [-0.4, -0.2) is 27.6 Å². The second kappa shape index (κ2) is 6.38. The summed E-state index contributed by atoms with van der Waals surface area (Å²) in [5.41, 5.74) is 0.922. The molecular formula is C13H16N4OS. The van der Waals surface area contributed by atoms with E-state index in [2.05, 4.69) is 15.2 Å². The molecule has 2 rings (SSSR count).